The molecule has 1 N–H and O–H groups in total. The highest BCUT2D eigenvalue weighted by Gasteiger charge is 2.19. The molecule has 2 amide bonds. The molecule has 2 aromatic carbocycles. The highest BCUT2D eigenvalue weighted by Crippen LogP contribution is 2.32. The molecule has 1 aromatic heterocycles. The minimum Gasteiger partial charge on any atom is -0.377 e. The molecule has 0 bridgehead atoms. The Hall–Kier alpha value is -3.00. The first-order valence-electron chi connectivity index (χ1n) is 7.85. The van der Waals surface area contributed by atoms with E-state index in [9.17, 15) is 9.59 Å². The fourth-order valence-corrected chi connectivity index (χ4v) is 2.72. The summed E-state index contributed by atoms with van der Waals surface area (Å²) < 4.78 is 6.44. The summed E-state index contributed by atoms with van der Waals surface area (Å²) in [5, 5.41) is 7.37. The third-order valence-electron chi connectivity index (χ3n) is 3.89. The molecule has 7 nitrogen and oxygen atoms in total. The van der Waals surface area contributed by atoms with Crippen molar-refractivity contribution in [3.8, 4) is 0 Å². The van der Waals surface area contributed by atoms with Gasteiger partial charge in [-0.25, -0.2) is 9.10 Å². The summed E-state index contributed by atoms with van der Waals surface area (Å²) >= 11 is 4.24. The fourth-order valence-electron chi connectivity index (χ4n) is 2.54. The number of anilines is 3. The van der Waals surface area contributed by atoms with Crippen LogP contribution < -0.4 is 14.5 Å². The van der Waals surface area contributed by atoms with E-state index in [1.807, 2.05) is 31.1 Å². The van der Waals surface area contributed by atoms with E-state index < -0.39 is 6.03 Å². The first-order valence-corrected chi connectivity index (χ1v) is 8.25. The molecule has 0 spiro atoms. The molecule has 1 heterocycles. The molecule has 3 rings (SSSR count). The van der Waals surface area contributed by atoms with Crippen molar-refractivity contribution in [2.45, 2.75) is 6.92 Å². The largest absolute Gasteiger partial charge is 0.377 e. The first kappa shape index (κ1) is 17.8. The Morgan fingerprint density at radius 2 is 1.81 bits per heavy atom. The van der Waals surface area contributed by atoms with E-state index in [2.05, 4.69) is 23.3 Å². The van der Waals surface area contributed by atoms with Crippen molar-refractivity contribution in [3.63, 3.8) is 0 Å². The molecule has 0 aliphatic carbocycles. The predicted octanol–water partition coefficient (Wildman–Crippen LogP) is 3.98. The minimum absolute atomic E-state index is 0.0444. The number of ketones is 1. The Balaban J connectivity index is 1.85. The molecule has 0 saturated carbocycles. The Morgan fingerprint density at radius 1 is 1.12 bits per heavy atom. The molecule has 0 unspecified atom stereocenters. The monoisotopic (exact) mass is 370 g/mol. The number of nitrogens with one attached hydrogen (secondary N) is 1. The maximum atomic E-state index is 12.5. The van der Waals surface area contributed by atoms with E-state index >= 15 is 0 Å². The number of urea groups is 1. The van der Waals surface area contributed by atoms with E-state index in [4.69, 9.17) is 4.52 Å². The Kier molecular flexibility index (Phi) is 4.85. The average Bonchev–Trinajstić information content (AvgIpc) is 3.04. The second-order valence-corrected chi connectivity index (χ2v) is 6.32. The number of amides is 2. The molecule has 0 radical (unpaired) electrons. The van der Waals surface area contributed by atoms with Crippen LogP contribution in [0.15, 0.2) is 47.0 Å². The summed E-state index contributed by atoms with van der Waals surface area (Å²) in [5.41, 5.74) is 2.53. The lowest BCUT2D eigenvalue weighted by Gasteiger charge is -2.17. The lowest BCUT2D eigenvalue weighted by atomic mass is 10.1. The maximum Gasteiger partial charge on any atom is 0.337 e. The molecule has 0 saturated heterocycles. The van der Waals surface area contributed by atoms with E-state index in [1.165, 1.54) is 6.92 Å². The van der Waals surface area contributed by atoms with Crippen LogP contribution >= 0.6 is 12.8 Å². The second kappa shape index (κ2) is 7.09. The summed E-state index contributed by atoms with van der Waals surface area (Å²) in [6, 6.07) is 11.6. The molecular weight excluding hydrogens is 352 g/mol. The second-order valence-electron chi connectivity index (χ2n) is 5.92. The van der Waals surface area contributed by atoms with E-state index in [0.717, 1.165) is 9.99 Å². The number of hydrogen-bond acceptors (Lipinski definition) is 6. The van der Waals surface area contributed by atoms with Gasteiger partial charge < -0.3 is 9.42 Å². The number of thiol groups is 1. The Bertz CT molecular complexity index is 966. The van der Waals surface area contributed by atoms with Crippen LogP contribution in [-0.2, 0) is 0 Å². The van der Waals surface area contributed by atoms with Gasteiger partial charge in [-0.2, -0.15) is 0 Å². The van der Waals surface area contributed by atoms with Crippen molar-refractivity contribution in [2.24, 2.45) is 0 Å². The molecule has 0 atom stereocenters. The molecule has 0 aliphatic rings. The van der Waals surface area contributed by atoms with Crippen molar-refractivity contribution in [3.05, 3.63) is 48.0 Å². The highest BCUT2D eigenvalue weighted by molar-refractivity contribution is 7.82. The quantitative estimate of drug-likeness (QED) is 0.536. The third kappa shape index (κ3) is 3.36. The molecule has 3 aromatic rings. The van der Waals surface area contributed by atoms with E-state index in [0.29, 0.717) is 28.0 Å². The summed E-state index contributed by atoms with van der Waals surface area (Å²) in [4.78, 5) is 25.8. The summed E-state index contributed by atoms with van der Waals surface area (Å²) in [5.74, 6) is 0.269. The topological polar surface area (TPSA) is 78.7 Å². The van der Waals surface area contributed by atoms with Gasteiger partial charge in [-0.05, 0) is 43.3 Å². The van der Waals surface area contributed by atoms with Crippen molar-refractivity contribution >= 4 is 52.8 Å². The smallest absolute Gasteiger partial charge is 0.337 e. The standard InChI is InChI=1S/C18H18N4O3S/c1-11(23)12-7-9-13(10-8-12)22(26)18(24)19-17-16-14(21(2)3)5-4-6-15(16)25-20-17/h4-10,26H,1-3H3,(H,19,20,24). The maximum absolute atomic E-state index is 12.5. The Labute approximate surface area is 156 Å². The summed E-state index contributed by atoms with van der Waals surface area (Å²) in [7, 11) is 3.80. The van der Waals surface area contributed by atoms with Crippen LogP contribution in [0.3, 0.4) is 0 Å². The van der Waals surface area contributed by atoms with Crippen molar-refractivity contribution in [1.82, 2.24) is 5.16 Å². The van der Waals surface area contributed by atoms with Gasteiger partial charge in [-0.1, -0.05) is 24.0 Å². The predicted molar refractivity (Wildman–Crippen MR) is 105 cm³/mol. The molecular formula is C18H18N4O3S. The number of Topliss-reactive ketones (excluding diaryl/α,β-unsaturated/α-hetero) is 1. The normalized spacial score (nSPS) is 10.6. The van der Waals surface area contributed by atoms with Crippen LogP contribution in [-0.4, -0.2) is 31.1 Å². The SMILES string of the molecule is CC(=O)c1ccc(N(S)C(=O)Nc2noc3cccc(N(C)C)c23)cc1. The van der Waals surface area contributed by atoms with Crippen molar-refractivity contribution in [1.29, 1.82) is 0 Å². The molecule has 134 valence electrons. The van der Waals surface area contributed by atoms with Crippen molar-refractivity contribution < 1.29 is 14.1 Å². The van der Waals surface area contributed by atoms with Crippen LogP contribution in [0, 0.1) is 0 Å². The third-order valence-corrected chi connectivity index (χ3v) is 4.31. The van der Waals surface area contributed by atoms with Gasteiger partial charge in [0.05, 0.1) is 16.8 Å². The number of carbonyl (C=O) groups excluding carboxylic acids is 2. The fraction of sp³-hybridized carbons (Fsp3) is 0.167. The zero-order chi connectivity index (χ0) is 18.8. The molecule has 26 heavy (non-hydrogen) atoms. The van der Waals surface area contributed by atoms with Gasteiger partial charge in [0.25, 0.3) is 0 Å². The first-order chi connectivity index (χ1) is 12.4. The molecule has 0 aliphatic heterocycles. The van der Waals surface area contributed by atoms with Gasteiger partial charge in [-0.15, -0.1) is 0 Å². The van der Waals surface area contributed by atoms with Gasteiger partial charge in [0.2, 0.25) is 0 Å². The number of hydrogen-bond donors (Lipinski definition) is 2. The van der Waals surface area contributed by atoms with Crippen LogP contribution in [0.5, 0.6) is 0 Å². The van der Waals surface area contributed by atoms with E-state index in [1.54, 1.807) is 30.3 Å². The van der Waals surface area contributed by atoms with Crippen LogP contribution in [0.4, 0.5) is 22.0 Å². The average molecular weight is 370 g/mol. The number of rotatable bonds is 4. The summed E-state index contributed by atoms with van der Waals surface area (Å²) in [6.45, 7) is 1.48. The number of carbonyl (C=O) groups is 2. The van der Waals surface area contributed by atoms with Gasteiger partial charge in [0.1, 0.15) is 0 Å². The minimum atomic E-state index is -0.493. The number of fused-ring (bicyclic) bond motifs is 1. The lowest BCUT2D eigenvalue weighted by molar-refractivity contribution is 0.101. The summed E-state index contributed by atoms with van der Waals surface area (Å²) in [6.07, 6.45) is 0. The highest BCUT2D eigenvalue weighted by atomic mass is 32.1. The molecule has 0 fully saturated rings. The number of nitrogens with zero attached hydrogens (tertiary/aromatic N) is 3. The molecule has 8 heteroatoms. The van der Waals surface area contributed by atoms with Gasteiger partial charge >= 0.3 is 6.03 Å². The van der Waals surface area contributed by atoms with Crippen LogP contribution in [0.25, 0.3) is 11.0 Å². The van der Waals surface area contributed by atoms with Crippen molar-refractivity contribution in [2.75, 3.05) is 28.6 Å². The van der Waals surface area contributed by atoms with Gasteiger partial charge in [0, 0.05) is 19.7 Å². The van der Waals surface area contributed by atoms with Crippen LogP contribution in [0.2, 0.25) is 0 Å². The zero-order valence-electron chi connectivity index (χ0n) is 14.6. The van der Waals surface area contributed by atoms with Gasteiger partial charge in [0.15, 0.2) is 17.2 Å². The lowest BCUT2D eigenvalue weighted by Crippen LogP contribution is -2.27. The van der Waals surface area contributed by atoms with Crippen LogP contribution in [0.1, 0.15) is 17.3 Å². The van der Waals surface area contributed by atoms with Gasteiger partial charge in [-0.3, -0.25) is 10.1 Å². The van der Waals surface area contributed by atoms with E-state index in [-0.39, 0.29) is 5.78 Å². The zero-order valence-corrected chi connectivity index (χ0v) is 15.4. The Morgan fingerprint density at radius 3 is 2.42 bits per heavy atom. The number of benzene rings is 2. The number of aromatic nitrogens is 1.